The van der Waals surface area contributed by atoms with Gasteiger partial charge >= 0.3 is 0 Å². The molecule has 8 heteroatoms. The Morgan fingerprint density at radius 3 is 2.41 bits per heavy atom. The fraction of sp³-hybridized carbons (Fsp3) is 0.462. The molecule has 2 aliphatic rings. The molecule has 0 bridgehead atoms. The Bertz CT molecular complexity index is 1200. The summed E-state index contributed by atoms with van der Waals surface area (Å²) in [6.45, 7) is 10.3. The van der Waals surface area contributed by atoms with E-state index in [2.05, 4.69) is 29.7 Å². The van der Waals surface area contributed by atoms with E-state index in [0.29, 0.717) is 50.0 Å². The zero-order chi connectivity index (χ0) is 23.7. The average Bonchev–Trinajstić information content (AvgIpc) is 2.88. The Hall–Kier alpha value is -3.10. The van der Waals surface area contributed by atoms with Crippen molar-refractivity contribution in [2.75, 3.05) is 49.3 Å². The number of benzene rings is 1. The molecule has 5 rings (SSSR count). The van der Waals surface area contributed by atoms with Crippen LogP contribution in [0.4, 0.5) is 11.8 Å². The minimum atomic E-state index is 0.122. The third-order valence-electron chi connectivity index (χ3n) is 6.59. The lowest BCUT2D eigenvalue weighted by atomic mass is 10.0. The van der Waals surface area contributed by atoms with Gasteiger partial charge in [0.15, 0.2) is 11.4 Å². The first kappa shape index (κ1) is 22.7. The number of anilines is 2. The van der Waals surface area contributed by atoms with E-state index in [1.807, 2.05) is 37.3 Å². The van der Waals surface area contributed by atoms with Gasteiger partial charge in [-0.25, -0.2) is 4.98 Å². The average molecular weight is 462 g/mol. The summed E-state index contributed by atoms with van der Waals surface area (Å²) in [6, 6.07) is 12.1. The summed E-state index contributed by atoms with van der Waals surface area (Å²) in [5, 5.41) is 0.919. The summed E-state index contributed by atoms with van der Waals surface area (Å²) >= 11 is 0. The molecule has 2 saturated heterocycles. The highest BCUT2D eigenvalue weighted by atomic mass is 16.5. The maximum absolute atomic E-state index is 12.2. The van der Waals surface area contributed by atoms with E-state index in [0.717, 1.165) is 35.6 Å². The third-order valence-corrected chi connectivity index (χ3v) is 6.59. The minimum absolute atomic E-state index is 0.122. The monoisotopic (exact) mass is 461 g/mol. The molecule has 0 N–H and O–H groups in total. The summed E-state index contributed by atoms with van der Waals surface area (Å²) in [4.78, 5) is 31.6. The lowest BCUT2D eigenvalue weighted by molar-refractivity contribution is 0.0973. The predicted octanol–water partition coefficient (Wildman–Crippen LogP) is 3.73. The smallest absolute Gasteiger partial charge is 0.229 e. The number of fused-ring (bicyclic) bond motifs is 1. The molecular formula is C26H31N5O3. The summed E-state index contributed by atoms with van der Waals surface area (Å²) < 4.78 is 11.3. The number of ether oxygens (including phenoxy) is 2. The van der Waals surface area contributed by atoms with Gasteiger partial charge in [-0.15, -0.1) is 0 Å². The van der Waals surface area contributed by atoms with E-state index in [-0.39, 0.29) is 17.9 Å². The molecule has 2 aromatic heterocycles. The van der Waals surface area contributed by atoms with E-state index >= 15 is 0 Å². The highest BCUT2D eigenvalue weighted by Crippen LogP contribution is 2.31. The van der Waals surface area contributed by atoms with Gasteiger partial charge in [0, 0.05) is 30.6 Å². The van der Waals surface area contributed by atoms with Gasteiger partial charge in [0.2, 0.25) is 5.95 Å². The first-order chi connectivity index (χ1) is 16.5. The molecule has 2 atom stereocenters. The van der Waals surface area contributed by atoms with Crippen molar-refractivity contribution in [3.63, 3.8) is 0 Å². The van der Waals surface area contributed by atoms with Gasteiger partial charge in [-0.2, -0.15) is 9.97 Å². The number of Topliss-reactive ketones (excluding diaryl/α,β-unsaturated/α-hetero) is 1. The van der Waals surface area contributed by atoms with Crippen LogP contribution in [-0.4, -0.2) is 72.3 Å². The van der Waals surface area contributed by atoms with Crippen LogP contribution in [0.3, 0.4) is 0 Å². The molecule has 8 nitrogen and oxygen atoms in total. The molecule has 0 unspecified atom stereocenters. The molecule has 2 aliphatic heterocycles. The van der Waals surface area contributed by atoms with Gasteiger partial charge in [-0.3, -0.25) is 4.79 Å². The molecule has 178 valence electrons. The maximum Gasteiger partial charge on any atom is 0.229 e. The Kier molecular flexibility index (Phi) is 6.43. The van der Waals surface area contributed by atoms with Crippen LogP contribution in [0.5, 0.6) is 0 Å². The van der Waals surface area contributed by atoms with Gasteiger partial charge in [0.1, 0.15) is 5.82 Å². The molecule has 2 fully saturated rings. The van der Waals surface area contributed by atoms with Crippen LogP contribution < -0.4 is 9.80 Å². The van der Waals surface area contributed by atoms with E-state index < -0.39 is 0 Å². The van der Waals surface area contributed by atoms with Crippen molar-refractivity contribution in [2.24, 2.45) is 0 Å². The molecule has 0 amide bonds. The van der Waals surface area contributed by atoms with Crippen LogP contribution in [-0.2, 0) is 9.47 Å². The minimum Gasteiger partial charge on any atom is -0.377 e. The lowest BCUT2D eigenvalue weighted by Gasteiger charge is -2.37. The maximum atomic E-state index is 12.2. The van der Waals surface area contributed by atoms with E-state index in [1.54, 1.807) is 0 Å². The second kappa shape index (κ2) is 9.64. The number of nitrogens with zero attached hydrogens (tertiary/aromatic N) is 5. The number of morpholine rings is 2. The predicted molar refractivity (Wildman–Crippen MR) is 133 cm³/mol. The van der Waals surface area contributed by atoms with E-state index in [4.69, 9.17) is 24.4 Å². The molecule has 3 aromatic rings. The number of hydrogen-bond donors (Lipinski definition) is 0. The third kappa shape index (κ3) is 4.35. The van der Waals surface area contributed by atoms with Crippen molar-refractivity contribution in [2.45, 2.75) is 39.3 Å². The topological polar surface area (TPSA) is 80.7 Å². The SMILES string of the molecule is CCC(=O)c1cccc(-c2ccc3c(N4CCOC[C@@H]4C)nc(N4CCOC[C@@H]4C)nc3n2)c1. The van der Waals surface area contributed by atoms with Crippen molar-refractivity contribution in [3.05, 3.63) is 42.0 Å². The summed E-state index contributed by atoms with van der Waals surface area (Å²) in [5.74, 6) is 1.69. The van der Waals surface area contributed by atoms with Crippen molar-refractivity contribution in [1.82, 2.24) is 15.0 Å². The zero-order valence-corrected chi connectivity index (χ0v) is 20.0. The quantitative estimate of drug-likeness (QED) is 0.532. The Balaban J connectivity index is 1.63. The van der Waals surface area contributed by atoms with Crippen LogP contribution >= 0.6 is 0 Å². The largest absolute Gasteiger partial charge is 0.377 e. The number of pyridine rings is 1. The van der Waals surface area contributed by atoms with Crippen molar-refractivity contribution >= 4 is 28.6 Å². The molecule has 1 aromatic carbocycles. The number of aromatic nitrogens is 3. The fourth-order valence-electron chi connectivity index (χ4n) is 4.61. The second-order valence-corrected chi connectivity index (χ2v) is 9.01. The summed E-state index contributed by atoms with van der Waals surface area (Å²) in [5.41, 5.74) is 3.05. The number of rotatable bonds is 5. The number of hydrogen-bond acceptors (Lipinski definition) is 8. The standard InChI is InChI=1S/C26H31N5O3/c1-4-23(32)20-7-5-6-19(14-20)22-9-8-21-24(27-22)28-26(31-11-13-34-16-18(31)3)29-25(21)30-10-12-33-15-17(30)2/h5-9,14,17-18H,4,10-13,15-16H2,1-3H3/t17-,18-/m0/s1. The van der Waals surface area contributed by atoms with Gasteiger partial charge in [-0.05, 0) is 32.0 Å². The van der Waals surface area contributed by atoms with Gasteiger partial charge in [0.05, 0.1) is 49.6 Å². The molecule has 0 spiro atoms. The lowest BCUT2D eigenvalue weighted by Crippen LogP contribution is -2.46. The molecule has 0 radical (unpaired) electrons. The molecule has 4 heterocycles. The van der Waals surface area contributed by atoms with Crippen molar-refractivity contribution in [1.29, 1.82) is 0 Å². The zero-order valence-electron chi connectivity index (χ0n) is 20.0. The molecule has 0 saturated carbocycles. The Labute approximate surface area is 199 Å². The Morgan fingerprint density at radius 1 is 0.971 bits per heavy atom. The second-order valence-electron chi connectivity index (χ2n) is 9.01. The van der Waals surface area contributed by atoms with Crippen LogP contribution in [0.2, 0.25) is 0 Å². The van der Waals surface area contributed by atoms with Gasteiger partial charge in [-0.1, -0.05) is 25.1 Å². The van der Waals surface area contributed by atoms with Gasteiger partial charge in [0.25, 0.3) is 0 Å². The Morgan fingerprint density at radius 2 is 1.71 bits per heavy atom. The molecular weight excluding hydrogens is 430 g/mol. The highest BCUT2D eigenvalue weighted by Gasteiger charge is 2.27. The summed E-state index contributed by atoms with van der Waals surface area (Å²) in [7, 11) is 0. The first-order valence-corrected chi connectivity index (χ1v) is 12.1. The van der Waals surface area contributed by atoms with E-state index in [1.165, 1.54) is 0 Å². The molecule has 34 heavy (non-hydrogen) atoms. The molecule has 0 aliphatic carbocycles. The number of carbonyl (C=O) groups is 1. The fourth-order valence-corrected chi connectivity index (χ4v) is 4.61. The van der Waals surface area contributed by atoms with Crippen LogP contribution in [0.1, 0.15) is 37.6 Å². The van der Waals surface area contributed by atoms with Crippen molar-refractivity contribution in [3.8, 4) is 11.3 Å². The highest BCUT2D eigenvalue weighted by molar-refractivity contribution is 5.97. The number of ketones is 1. The van der Waals surface area contributed by atoms with E-state index in [9.17, 15) is 4.79 Å². The van der Waals surface area contributed by atoms with Crippen LogP contribution in [0.25, 0.3) is 22.3 Å². The first-order valence-electron chi connectivity index (χ1n) is 12.1. The van der Waals surface area contributed by atoms with Crippen molar-refractivity contribution < 1.29 is 14.3 Å². The van der Waals surface area contributed by atoms with Crippen LogP contribution in [0.15, 0.2) is 36.4 Å². The number of carbonyl (C=O) groups excluding carboxylic acids is 1. The van der Waals surface area contributed by atoms with Gasteiger partial charge < -0.3 is 19.3 Å². The normalized spacial score (nSPS) is 21.1. The summed E-state index contributed by atoms with van der Waals surface area (Å²) in [6.07, 6.45) is 0.476. The van der Waals surface area contributed by atoms with Crippen LogP contribution in [0, 0.1) is 0 Å².